The summed E-state index contributed by atoms with van der Waals surface area (Å²) in [6, 6.07) is 6.65. The molecule has 0 atom stereocenters. The minimum atomic E-state index is -3.97. The molecular weight excluding hydrogens is 297 g/mol. The lowest BCUT2D eigenvalue weighted by molar-refractivity contribution is 0.414. The predicted octanol–water partition coefficient (Wildman–Crippen LogP) is 2.07. The minimum absolute atomic E-state index is 0.0743. The Hall–Kier alpha value is -2.35. The molecule has 0 bridgehead atoms. The Morgan fingerprint density at radius 2 is 2.05 bits per heavy atom. The second-order valence-corrected chi connectivity index (χ2v) is 5.70. The van der Waals surface area contributed by atoms with Crippen molar-refractivity contribution < 1.29 is 17.5 Å². The zero-order valence-electron chi connectivity index (χ0n) is 11.4. The van der Waals surface area contributed by atoms with Crippen LogP contribution in [0.5, 0.6) is 5.75 Å². The average molecular weight is 311 g/mol. The number of nitrogens with one attached hydrogen (secondary N) is 2. The molecule has 21 heavy (non-hydrogen) atoms. The lowest BCUT2D eigenvalue weighted by Gasteiger charge is -2.12. The Morgan fingerprint density at radius 1 is 1.29 bits per heavy atom. The van der Waals surface area contributed by atoms with E-state index in [1.165, 1.54) is 37.6 Å². The van der Waals surface area contributed by atoms with Crippen molar-refractivity contribution in [3.05, 3.63) is 42.3 Å². The van der Waals surface area contributed by atoms with Crippen LogP contribution in [0.15, 0.2) is 41.4 Å². The zero-order chi connectivity index (χ0) is 15.5. The van der Waals surface area contributed by atoms with Crippen LogP contribution in [-0.2, 0) is 10.0 Å². The third-order valence-electron chi connectivity index (χ3n) is 2.71. The Bertz CT molecular complexity index is 750. The molecule has 1 heterocycles. The van der Waals surface area contributed by atoms with Crippen molar-refractivity contribution in [2.75, 3.05) is 24.2 Å². The highest BCUT2D eigenvalue weighted by Gasteiger charge is 2.20. The highest BCUT2D eigenvalue weighted by Crippen LogP contribution is 2.25. The molecule has 8 heteroatoms. The zero-order valence-corrected chi connectivity index (χ0v) is 12.2. The molecule has 0 saturated heterocycles. The summed E-state index contributed by atoms with van der Waals surface area (Å²) in [5, 5.41) is 2.68. The largest absolute Gasteiger partial charge is 0.497 e. The molecule has 6 nitrogen and oxygen atoms in total. The number of rotatable bonds is 5. The van der Waals surface area contributed by atoms with Crippen LogP contribution in [0, 0.1) is 5.82 Å². The molecule has 0 aliphatic heterocycles. The van der Waals surface area contributed by atoms with Gasteiger partial charge in [-0.15, -0.1) is 0 Å². The highest BCUT2D eigenvalue weighted by atomic mass is 32.2. The second kappa shape index (κ2) is 5.96. The fourth-order valence-electron chi connectivity index (χ4n) is 1.70. The summed E-state index contributed by atoms with van der Waals surface area (Å²) in [7, 11) is -1.02. The van der Waals surface area contributed by atoms with Gasteiger partial charge in [-0.2, -0.15) is 0 Å². The van der Waals surface area contributed by atoms with E-state index >= 15 is 0 Å². The van der Waals surface area contributed by atoms with E-state index in [4.69, 9.17) is 4.74 Å². The predicted molar refractivity (Wildman–Crippen MR) is 77.5 cm³/mol. The molecule has 0 unspecified atom stereocenters. The van der Waals surface area contributed by atoms with Crippen molar-refractivity contribution >= 4 is 21.5 Å². The van der Waals surface area contributed by atoms with Crippen molar-refractivity contribution in [2.24, 2.45) is 0 Å². The number of halogens is 1. The summed E-state index contributed by atoms with van der Waals surface area (Å²) in [6.45, 7) is 0. The Morgan fingerprint density at radius 3 is 2.71 bits per heavy atom. The maximum atomic E-state index is 13.7. The highest BCUT2D eigenvalue weighted by molar-refractivity contribution is 7.92. The van der Waals surface area contributed by atoms with E-state index < -0.39 is 15.8 Å². The molecule has 0 saturated carbocycles. The van der Waals surface area contributed by atoms with Crippen LogP contribution in [0.2, 0.25) is 0 Å². The van der Waals surface area contributed by atoms with Crippen LogP contribution in [0.3, 0.4) is 0 Å². The number of pyridine rings is 1. The van der Waals surface area contributed by atoms with E-state index in [2.05, 4.69) is 15.0 Å². The number of hydrogen-bond donors (Lipinski definition) is 2. The van der Waals surface area contributed by atoms with Gasteiger partial charge in [0.25, 0.3) is 10.0 Å². The maximum absolute atomic E-state index is 13.7. The van der Waals surface area contributed by atoms with E-state index in [0.29, 0.717) is 5.75 Å². The van der Waals surface area contributed by atoms with E-state index in [1.807, 2.05) is 0 Å². The van der Waals surface area contributed by atoms with Crippen molar-refractivity contribution in [3.8, 4) is 5.75 Å². The molecule has 1 aromatic carbocycles. The number of sulfonamides is 1. The van der Waals surface area contributed by atoms with Crippen LogP contribution >= 0.6 is 0 Å². The average Bonchev–Trinajstić information content (AvgIpc) is 2.49. The van der Waals surface area contributed by atoms with Crippen molar-refractivity contribution in [3.63, 3.8) is 0 Å². The second-order valence-electron chi connectivity index (χ2n) is 4.05. The number of aromatic nitrogens is 1. The molecule has 0 fully saturated rings. The Balaban J connectivity index is 2.42. The topological polar surface area (TPSA) is 80.3 Å². The van der Waals surface area contributed by atoms with Gasteiger partial charge in [0.15, 0.2) is 0 Å². The third-order valence-corrected chi connectivity index (χ3v) is 4.11. The molecular formula is C13H14FN3O3S. The van der Waals surface area contributed by atoms with Crippen LogP contribution in [0.25, 0.3) is 0 Å². The number of ether oxygens (including phenoxy) is 1. The van der Waals surface area contributed by atoms with Gasteiger partial charge in [0.2, 0.25) is 0 Å². The minimum Gasteiger partial charge on any atom is -0.497 e. The SMILES string of the molecule is CNc1ncccc1S(=O)(=O)Nc1cc(OC)ccc1F. The van der Waals surface area contributed by atoms with Crippen LogP contribution in [0.1, 0.15) is 0 Å². The van der Waals surface area contributed by atoms with Gasteiger partial charge in [-0.25, -0.2) is 17.8 Å². The van der Waals surface area contributed by atoms with Gasteiger partial charge in [-0.3, -0.25) is 4.72 Å². The molecule has 1 aromatic heterocycles. The van der Waals surface area contributed by atoms with Gasteiger partial charge >= 0.3 is 0 Å². The Kier molecular flexibility index (Phi) is 4.27. The van der Waals surface area contributed by atoms with Crippen molar-refractivity contribution in [2.45, 2.75) is 4.90 Å². The van der Waals surface area contributed by atoms with Crippen molar-refractivity contribution in [1.82, 2.24) is 4.98 Å². The van der Waals surface area contributed by atoms with E-state index in [1.54, 1.807) is 7.05 Å². The summed E-state index contributed by atoms with van der Waals surface area (Å²) in [4.78, 5) is 3.84. The Labute approximate surface area is 122 Å². The van der Waals surface area contributed by atoms with Crippen molar-refractivity contribution in [1.29, 1.82) is 0 Å². The fourth-order valence-corrected chi connectivity index (χ4v) is 2.93. The molecule has 2 aromatic rings. The molecule has 0 aliphatic rings. The standard InChI is InChI=1S/C13H14FN3O3S/c1-15-13-12(4-3-7-16-13)21(18,19)17-11-8-9(20-2)5-6-10(11)14/h3-8,17H,1-2H3,(H,15,16). The number of nitrogens with zero attached hydrogens (tertiary/aromatic N) is 1. The monoisotopic (exact) mass is 311 g/mol. The first-order valence-electron chi connectivity index (χ1n) is 5.97. The molecule has 2 rings (SSSR count). The van der Waals surface area contributed by atoms with Gasteiger partial charge in [-0.1, -0.05) is 0 Å². The number of hydrogen-bond acceptors (Lipinski definition) is 5. The number of benzene rings is 1. The van der Waals surface area contributed by atoms with Gasteiger partial charge in [0.1, 0.15) is 22.3 Å². The van der Waals surface area contributed by atoms with Gasteiger partial charge < -0.3 is 10.1 Å². The molecule has 0 spiro atoms. The molecule has 0 aliphatic carbocycles. The lowest BCUT2D eigenvalue weighted by Crippen LogP contribution is -2.16. The number of methoxy groups -OCH3 is 1. The van der Waals surface area contributed by atoms with Gasteiger partial charge in [-0.05, 0) is 24.3 Å². The normalized spacial score (nSPS) is 11.0. The first-order chi connectivity index (χ1) is 9.97. The smallest absolute Gasteiger partial charge is 0.265 e. The van der Waals surface area contributed by atoms with Gasteiger partial charge in [0.05, 0.1) is 12.8 Å². The van der Waals surface area contributed by atoms with E-state index in [-0.39, 0.29) is 16.4 Å². The molecule has 2 N–H and O–H groups in total. The van der Waals surface area contributed by atoms with E-state index in [9.17, 15) is 12.8 Å². The third kappa shape index (κ3) is 3.22. The summed E-state index contributed by atoms with van der Waals surface area (Å²) in [5.74, 6) is -0.184. The van der Waals surface area contributed by atoms with Crippen LogP contribution in [-0.4, -0.2) is 27.6 Å². The number of anilines is 2. The van der Waals surface area contributed by atoms with E-state index in [0.717, 1.165) is 6.07 Å². The molecule has 0 radical (unpaired) electrons. The maximum Gasteiger partial charge on any atom is 0.265 e. The first-order valence-corrected chi connectivity index (χ1v) is 7.45. The molecule has 112 valence electrons. The lowest BCUT2D eigenvalue weighted by atomic mass is 10.3. The van der Waals surface area contributed by atoms with Crippen LogP contribution < -0.4 is 14.8 Å². The first kappa shape index (κ1) is 15.0. The summed E-state index contributed by atoms with van der Waals surface area (Å²) in [6.07, 6.45) is 1.46. The quantitative estimate of drug-likeness (QED) is 0.883. The fraction of sp³-hybridized carbons (Fsp3) is 0.154. The van der Waals surface area contributed by atoms with Crippen LogP contribution in [0.4, 0.5) is 15.9 Å². The molecule has 0 amide bonds. The van der Waals surface area contributed by atoms with Gasteiger partial charge in [0, 0.05) is 19.3 Å². The summed E-state index contributed by atoms with van der Waals surface area (Å²) in [5.41, 5.74) is -0.194. The summed E-state index contributed by atoms with van der Waals surface area (Å²) < 4.78 is 45.5. The summed E-state index contributed by atoms with van der Waals surface area (Å²) >= 11 is 0.